The van der Waals surface area contributed by atoms with E-state index in [2.05, 4.69) is 12.1 Å². The first-order chi connectivity index (χ1) is 18.9. The van der Waals surface area contributed by atoms with Gasteiger partial charge in [0.2, 0.25) is 5.91 Å². The average molecular weight is 528 g/mol. The zero-order valence-corrected chi connectivity index (χ0v) is 22.0. The van der Waals surface area contributed by atoms with Crippen LogP contribution in [0.25, 0.3) is 0 Å². The van der Waals surface area contributed by atoms with E-state index in [0.29, 0.717) is 35.4 Å². The number of esters is 1. The monoisotopic (exact) mass is 527 g/mol. The van der Waals surface area contributed by atoms with Crippen LogP contribution in [-0.2, 0) is 20.7 Å². The molecule has 1 fully saturated rings. The number of ether oxygens (including phenoxy) is 2. The summed E-state index contributed by atoms with van der Waals surface area (Å²) in [4.78, 5) is 39.7. The van der Waals surface area contributed by atoms with Crippen LogP contribution in [-0.4, -0.2) is 54.7 Å². The number of aryl methyl sites for hydroxylation is 1. The molecule has 1 amide bonds. The van der Waals surface area contributed by atoms with Gasteiger partial charge in [0.15, 0.2) is 5.78 Å². The van der Waals surface area contributed by atoms with Crippen molar-refractivity contribution < 1.29 is 23.9 Å². The topological polar surface area (TPSA) is 123 Å². The number of carbonyl (C=O) groups is 3. The lowest BCUT2D eigenvalue weighted by Gasteiger charge is -2.25. The predicted octanol–water partition coefficient (Wildman–Crippen LogP) is 3.99. The molecule has 39 heavy (non-hydrogen) atoms. The summed E-state index contributed by atoms with van der Waals surface area (Å²) in [6.45, 7) is 0.856. The predicted molar refractivity (Wildman–Crippen MR) is 148 cm³/mol. The van der Waals surface area contributed by atoms with Crippen molar-refractivity contribution >= 4 is 23.5 Å². The molecular weight excluding hydrogens is 494 g/mol. The molecule has 3 N–H and O–H groups in total. The van der Waals surface area contributed by atoms with E-state index in [1.54, 1.807) is 48.5 Å². The van der Waals surface area contributed by atoms with Gasteiger partial charge in [0, 0.05) is 23.2 Å². The molecule has 8 heteroatoms. The molecule has 202 valence electrons. The normalized spacial score (nSPS) is 16.6. The summed E-state index contributed by atoms with van der Waals surface area (Å²) in [5.74, 6) is -0.558. The zero-order chi connectivity index (χ0) is 27.8. The van der Waals surface area contributed by atoms with Crippen molar-refractivity contribution in [3.05, 3.63) is 101 Å². The minimum Gasteiger partial charge on any atom is -0.491 e. The van der Waals surface area contributed by atoms with E-state index in [-0.39, 0.29) is 36.6 Å². The fourth-order valence-corrected chi connectivity index (χ4v) is 4.86. The minimum absolute atomic E-state index is 0.0456. The summed E-state index contributed by atoms with van der Waals surface area (Å²) in [5, 5.41) is 7.58. The summed E-state index contributed by atoms with van der Waals surface area (Å²) in [7, 11) is 1.33. The highest BCUT2D eigenvalue weighted by molar-refractivity contribution is 6.10. The van der Waals surface area contributed by atoms with Crippen LogP contribution in [0.3, 0.4) is 0 Å². The zero-order valence-electron chi connectivity index (χ0n) is 22.0. The van der Waals surface area contributed by atoms with Crippen LogP contribution in [0.1, 0.15) is 46.3 Å². The molecule has 0 aromatic heterocycles. The molecule has 0 bridgehead atoms. The molecule has 0 aliphatic carbocycles. The molecule has 0 unspecified atom stereocenters. The Labute approximate surface area is 228 Å². The van der Waals surface area contributed by atoms with Crippen molar-refractivity contribution in [2.75, 3.05) is 20.3 Å². The van der Waals surface area contributed by atoms with Gasteiger partial charge in [-0.1, -0.05) is 48.5 Å². The third-order valence-corrected chi connectivity index (χ3v) is 6.97. The van der Waals surface area contributed by atoms with Gasteiger partial charge in [-0.15, -0.1) is 0 Å². The average Bonchev–Trinajstić information content (AvgIpc) is 3.25. The molecule has 1 saturated heterocycles. The standard InChI is InChI=1S/C31H33N3O5/c1-38-28(35)19-25-18-26(34(31(25)37)16-6-9-21-7-3-2-4-8-21)20-39-27-14-12-22(13-15-27)29(36)23-10-5-11-24(17-23)30(32)33/h2-5,7-8,10-15,17,25-26H,6,9,16,18-20H2,1H3,(H3,32,33)/t25-,26-/m0/s1. The second-order valence-electron chi connectivity index (χ2n) is 9.65. The number of rotatable bonds is 12. The lowest BCUT2D eigenvalue weighted by molar-refractivity contribution is -0.144. The number of nitrogen functional groups attached to an aromatic ring is 1. The number of carbonyl (C=O) groups excluding carboxylic acids is 3. The highest BCUT2D eigenvalue weighted by Gasteiger charge is 2.40. The molecule has 0 spiro atoms. The van der Waals surface area contributed by atoms with E-state index in [1.807, 2.05) is 23.1 Å². The lowest BCUT2D eigenvalue weighted by Crippen LogP contribution is -2.38. The summed E-state index contributed by atoms with van der Waals surface area (Å²) in [6.07, 6.45) is 2.23. The number of benzene rings is 3. The Hall–Kier alpha value is -4.46. The molecule has 3 aromatic carbocycles. The van der Waals surface area contributed by atoms with Crippen LogP contribution in [0.5, 0.6) is 5.75 Å². The van der Waals surface area contributed by atoms with Gasteiger partial charge in [-0.05, 0) is 55.2 Å². The van der Waals surface area contributed by atoms with Crippen LogP contribution in [0.2, 0.25) is 0 Å². The van der Waals surface area contributed by atoms with Crippen molar-refractivity contribution in [2.24, 2.45) is 11.7 Å². The van der Waals surface area contributed by atoms with Gasteiger partial charge < -0.3 is 20.1 Å². The largest absolute Gasteiger partial charge is 0.491 e. The van der Waals surface area contributed by atoms with E-state index in [1.165, 1.54) is 12.7 Å². The molecule has 4 rings (SSSR count). The van der Waals surface area contributed by atoms with Crippen LogP contribution in [0, 0.1) is 11.3 Å². The number of nitrogens with zero attached hydrogens (tertiary/aromatic N) is 1. The first kappa shape index (κ1) is 27.6. The Morgan fingerprint density at radius 3 is 2.38 bits per heavy atom. The molecule has 2 atom stereocenters. The molecule has 1 aliphatic rings. The number of nitrogens with one attached hydrogen (secondary N) is 1. The molecule has 0 saturated carbocycles. The van der Waals surface area contributed by atoms with E-state index in [0.717, 1.165) is 12.8 Å². The Morgan fingerprint density at radius 2 is 1.69 bits per heavy atom. The number of methoxy groups -OCH3 is 1. The first-order valence-electron chi connectivity index (χ1n) is 13.0. The number of likely N-dealkylation sites (tertiary alicyclic amines) is 1. The number of ketones is 1. The van der Waals surface area contributed by atoms with Gasteiger partial charge in [-0.3, -0.25) is 19.8 Å². The van der Waals surface area contributed by atoms with Crippen molar-refractivity contribution in [3.8, 4) is 5.75 Å². The maximum absolute atomic E-state index is 13.1. The lowest BCUT2D eigenvalue weighted by atomic mass is 10.0. The third-order valence-electron chi connectivity index (χ3n) is 6.97. The Kier molecular flexibility index (Phi) is 9.10. The summed E-state index contributed by atoms with van der Waals surface area (Å²) in [6, 6.07) is 23.5. The maximum Gasteiger partial charge on any atom is 0.306 e. The van der Waals surface area contributed by atoms with Gasteiger partial charge in [-0.2, -0.15) is 0 Å². The van der Waals surface area contributed by atoms with Crippen LogP contribution in [0.4, 0.5) is 0 Å². The number of amides is 1. The van der Waals surface area contributed by atoms with Crippen LogP contribution in [0.15, 0.2) is 78.9 Å². The summed E-state index contributed by atoms with van der Waals surface area (Å²) >= 11 is 0. The van der Waals surface area contributed by atoms with Crippen molar-refractivity contribution in [1.82, 2.24) is 4.90 Å². The van der Waals surface area contributed by atoms with Crippen LogP contribution < -0.4 is 10.5 Å². The number of hydrogen-bond acceptors (Lipinski definition) is 6. The van der Waals surface area contributed by atoms with Crippen LogP contribution >= 0.6 is 0 Å². The highest BCUT2D eigenvalue weighted by atomic mass is 16.5. The highest BCUT2D eigenvalue weighted by Crippen LogP contribution is 2.29. The second kappa shape index (κ2) is 12.9. The van der Waals surface area contributed by atoms with E-state index in [4.69, 9.17) is 20.6 Å². The Balaban J connectivity index is 1.39. The van der Waals surface area contributed by atoms with E-state index < -0.39 is 11.9 Å². The summed E-state index contributed by atoms with van der Waals surface area (Å²) < 4.78 is 10.8. The van der Waals surface area contributed by atoms with Crippen molar-refractivity contribution in [2.45, 2.75) is 31.7 Å². The van der Waals surface area contributed by atoms with Gasteiger partial charge in [0.1, 0.15) is 18.2 Å². The van der Waals surface area contributed by atoms with Gasteiger partial charge in [-0.25, -0.2) is 0 Å². The quantitative estimate of drug-likeness (QED) is 0.159. The molecule has 3 aromatic rings. The van der Waals surface area contributed by atoms with Gasteiger partial charge >= 0.3 is 5.97 Å². The maximum atomic E-state index is 13.1. The SMILES string of the molecule is COC(=O)C[C@@H]1C[C@@H](COc2ccc(C(=O)c3cccc(C(=N)N)c3)cc2)N(CCCc2ccccc2)C1=O. The van der Waals surface area contributed by atoms with Gasteiger partial charge in [0.05, 0.1) is 25.5 Å². The fourth-order valence-electron chi connectivity index (χ4n) is 4.86. The third kappa shape index (κ3) is 7.10. The smallest absolute Gasteiger partial charge is 0.306 e. The fraction of sp³-hybridized carbons (Fsp3) is 0.290. The number of hydrogen-bond donors (Lipinski definition) is 2. The summed E-state index contributed by atoms with van der Waals surface area (Å²) in [5.41, 5.74) is 8.18. The molecule has 1 aliphatic heterocycles. The molecule has 0 radical (unpaired) electrons. The number of amidine groups is 1. The second-order valence-corrected chi connectivity index (χ2v) is 9.65. The van der Waals surface area contributed by atoms with E-state index >= 15 is 0 Å². The first-order valence-corrected chi connectivity index (χ1v) is 13.0. The Morgan fingerprint density at radius 1 is 0.974 bits per heavy atom. The van der Waals surface area contributed by atoms with Crippen molar-refractivity contribution in [3.63, 3.8) is 0 Å². The molecule has 8 nitrogen and oxygen atoms in total. The Bertz CT molecular complexity index is 1320. The van der Waals surface area contributed by atoms with Gasteiger partial charge in [0.25, 0.3) is 0 Å². The molecular formula is C31H33N3O5. The number of nitrogens with two attached hydrogens (primary N) is 1. The van der Waals surface area contributed by atoms with E-state index in [9.17, 15) is 14.4 Å². The minimum atomic E-state index is -0.423. The van der Waals surface area contributed by atoms with Crippen molar-refractivity contribution in [1.29, 1.82) is 5.41 Å². The molecule has 1 heterocycles.